The minimum Gasteiger partial charge on any atom is -0.497 e. The highest BCUT2D eigenvalue weighted by molar-refractivity contribution is 7.91. The summed E-state index contributed by atoms with van der Waals surface area (Å²) < 4.78 is 40.5. The lowest BCUT2D eigenvalue weighted by Gasteiger charge is -2.06. The maximum atomic E-state index is 12.6. The van der Waals surface area contributed by atoms with Crippen molar-refractivity contribution in [2.75, 3.05) is 25.3 Å². The molecule has 1 amide bonds. The van der Waals surface area contributed by atoms with E-state index in [9.17, 15) is 18.0 Å². The number of benzene rings is 1. The number of nitrogens with zero attached hydrogens (tertiary/aromatic N) is 2. The van der Waals surface area contributed by atoms with Crippen LogP contribution in [0.15, 0.2) is 33.9 Å². The summed E-state index contributed by atoms with van der Waals surface area (Å²) in [6.45, 7) is 0. The molecule has 4 rings (SSSR count). The number of sulfone groups is 1. The van der Waals surface area contributed by atoms with Crippen LogP contribution in [0.25, 0.3) is 11.5 Å². The Balaban J connectivity index is 1.52. The van der Waals surface area contributed by atoms with Gasteiger partial charge in [-0.25, -0.2) is 13.2 Å². The number of esters is 1. The van der Waals surface area contributed by atoms with Crippen LogP contribution in [0.5, 0.6) is 5.75 Å². The van der Waals surface area contributed by atoms with Crippen molar-refractivity contribution >= 4 is 38.1 Å². The van der Waals surface area contributed by atoms with E-state index in [2.05, 4.69) is 15.5 Å². The molecule has 10 nitrogen and oxygen atoms in total. The predicted octanol–water partition coefficient (Wildman–Crippen LogP) is 2.49. The predicted molar refractivity (Wildman–Crippen MR) is 115 cm³/mol. The van der Waals surface area contributed by atoms with Crippen molar-refractivity contribution in [3.05, 3.63) is 40.3 Å². The highest BCUT2D eigenvalue weighted by atomic mass is 32.2. The Bertz CT molecular complexity index is 1290. The van der Waals surface area contributed by atoms with E-state index in [-0.39, 0.29) is 16.5 Å². The first-order valence-electron chi connectivity index (χ1n) is 9.55. The summed E-state index contributed by atoms with van der Waals surface area (Å²) in [7, 11) is -1.46. The number of hydrogen-bond donors (Lipinski definition) is 1. The number of nitrogens with one attached hydrogen (secondary N) is 1. The number of carbonyl (C=O) groups is 2. The van der Waals surface area contributed by atoms with E-state index in [1.807, 2.05) is 0 Å². The lowest BCUT2D eigenvalue weighted by atomic mass is 10.1. The topological polar surface area (TPSA) is 138 Å². The van der Waals surface area contributed by atoms with E-state index in [4.69, 9.17) is 13.9 Å². The third kappa shape index (κ3) is 4.23. The van der Waals surface area contributed by atoms with Gasteiger partial charge in [0.1, 0.15) is 16.5 Å². The quantitative estimate of drug-likeness (QED) is 0.509. The minimum absolute atomic E-state index is 0.0226. The summed E-state index contributed by atoms with van der Waals surface area (Å²) in [6.07, 6.45) is 2.42. The summed E-state index contributed by atoms with van der Waals surface area (Å²) in [4.78, 5) is 25.7. The number of methoxy groups -OCH3 is 2. The second-order valence-electron chi connectivity index (χ2n) is 6.97. The molecule has 0 atom stereocenters. The summed E-state index contributed by atoms with van der Waals surface area (Å²) in [5.74, 6) is -1.80. The second kappa shape index (κ2) is 8.71. The zero-order valence-corrected chi connectivity index (χ0v) is 18.8. The average Bonchev–Trinajstić information content (AvgIpc) is 3.49. The van der Waals surface area contributed by atoms with Crippen molar-refractivity contribution in [2.24, 2.45) is 0 Å². The first kappa shape index (κ1) is 22.0. The van der Waals surface area contributed by atoms with E-state index in [0.717, 1.165) is 23.3 Å². The lowest BCUT2D eigenvalue weighted by Crippen LogP contribution is -2.24. The Morgan fingerprint density at radius 2 is 2.03 bits per heavy atom. The van der Waals surface area contributed by atoms with Crippen LogP contribution in [0.2, 0.25) is 0 Å². The molecule has 2 aromatic heterocycles. The smallest absolute Gasteiger partial charge is 0.341 e. The Morgan fingerprint density at radius 3 is 2.78 bits per heavy atom. The van der Waals surface area contributed by atoms with Crippen LogP contribution in [0, 0.1) is 0 Å². The molecule has 0 spiro atoms. The van der Waals surface area contributed by atoms with E-state index in [0.29, 0.717) is 17.7 Å². The molecular weight excluding hydrogens is 458 g/mol. The van der Waals surface area contributed by atoms with Crippen LogP contribution >= 0.6 is 11.3 Å². The molecule has 168 valence electrons. The molecule has 1 aromatic carbocycles. The molecule has 3 aromatic rings. The number of fused-ring (bicyclic) bond motifs is 1. The summed E-state index contributed by atoms with van der Waals surface area (Å²) in [5, 5.41) is 9.48. The molecule has 2 heterocycles. The molecule has 0 fully saturated rings. The Morgan fingerprint density at radius 1 is 1.22 bits per heavy atom. The molecule has 1 aliphatic carbocycles. The van der Waals surface area contributed by atoms with Crippen LogP contribution in [-0.2, 0) is 32.2 Å². The number of carbonyl (C=O) groups excluding carboxylic acids is 2. The van der Waals surface area contributed by atoms with Gasteiger partial charge in [0.05, 0.1) is 19.8 Å². The van der Waals surface area contributed by atoms with Crippen molar-refractivity contribution in [1.29, 1.82) is 0 Å². The zero-order chi connectivity index (χ0) is 22.9. The third-order valence-electron chi connectivity index (χ3n) is 4.87. The van der Waals surface area contributed by atoms with Gasteiger partial charge in [0.25, 0.3) is 0 Å². The number of aryl methyl sites for hydroxylation is 1. The van der Waals surface area contributed by atoms with Crippen LogP contribution < -0.4 is 10.1 Å². The monoisotopic (exact) mass is 477 g/mol. The SMILES string of the molecule is COC(=O)c1c(NC(=O)CS(=O)(=O)c2nnc(-c3cccc(OC)c3)o2)sc2c1CCC2. The van der Waals surface area contributed by atoms with Crippen molar-refractivity contribution in [2.45, 2.75) is 24.5 Å². The van der Waals surface area contributed by atoms with Gasteiger partial charge in [-0.15, -0.1) is 16.4 Å². The molecule has 0 radical (unpaired) electrons. The van der Waals surface area contributed by atoms with Crippen LogP contribution in [0.4, 0.5) is 5.00 Å². The van der Waals surface area contributed by atoms with E-state index >= 15 is 0 Å². The number of amides is 1. The van der Waals surface area contributed by atoms with E-state index in [1.54, 1.807) is 24.3 Å². The van der Waals surface area contributed by atoms with Crippen LogP contribution in [0.3, 0.4) is 0 Å². The first-order chi connectivity index (χ1) is 15.3. The first-order valence-corrected chi connectivity index (χ1v) is 12.0. The van der Waals surface area contributed by atoms with Gasteiger partial charge in [-0.1, -0.05) is 11.2 Å². The Kier molecular flexibility index (Phi) is 5.98. The molecule has 12 heteroatoms. The molecular formula is C20H19N3O7S2. The number of hydrogen-bond acceptors (Lipinski definition) is 10. The molecule has 0 saturated carbocycles. The van der Waals surface area contributed by atoms with E-state index < -0.39 is 32.7 Å². The molecule has 0 bridgehead atoms. The fourth-order valence-corrected chi connectivity index (χ4v) is 5.62. The number of ether oxygens (including phenoxy) is 2. The van der Waals surface area contributed by atoms with Crippen molar-refractivity contribution in [1.82, 2.24) is 10.2 Å². The fraction of sp³-hybridized carbons (Fsp3) is 0.300. The van der Waals surface area contributed by atoms with Crippen molar-refractivity contribution in [3.63, 3.8) is 0 Å². The van der Waals surface area contributed by atoms with E-state index in [1.165, 1.54) is 25.6 Å². The third-order valence-corrected chi connectivity index (χ3v) is 7.42. The highest BCUT2D eigenvalue weighted by Gasteiger charge is 2.31. The zero-order valence-electron chi connectivity index (χ0n) is 17.2. The summed E-state index contributed by atoms with van der Waals surface area (Å²) >= 11 is 1.26. The lowest BCUT2D eigenvalue weighted by molar-refractivity contribution is -0.113. The van der Waals surface area contributed by atoms with Gasteiger partial charge in [-0.2, -0.15) is 0 Å². The van der Waals surface area contributed by atoms with Crippen LogP contribution in [-0.4, -0.2) is 50.5 Å². The molecule has 1 aliphatic rings. The van der Waals surface area contributed by atoms with Crippen molar-refractivity contribution in [3.8, 4) is 17.2 Å². The standard InChI is InChI=1S/C20H19N3O7S2/c1-28-12-6-3-5-11(9-12)17-22-23-20(30-17)32(26,27)10-15(24)21-18-16(19(25)29-2)13-7-4-8-14(13)31-18/h3,5-6,9H,4,7-8,10H2,1-2H3,(H,21,24). The fourth-order valence-electron chi connectivity index (χ4n) is 3.42. The molecule has 32 heavy (non-hydrogen) atoms. The Hall–Kier alpha value is -3.25. The van der Waals surface area contributed by atoms with Crippen LogP contribution in [0.1, 0.15) is 27.2 Å². The largest absolute Gasteiger partial charge is 0.497 e. The van der Waals surface area contributed by atoms with Gasteiger partial charge in [0.2, 0.25) is 21.6 Å². The molecule has 0 saturated heterocycles. The second-order valence-corrected chi connectivity index (χ2v) is 9.94. The minimum atomic E-state index is -4.21. The van der Waals surface area contributed by atoms with Crippen molar-refractivity contribution < 1.29 is 31.9 Å². The maximum absolute atomic E-state index is 12.6. The molecule has 0 aliphatic heterocycles. The maximum Gasteiger partial charge on any atom is 0.341 e. The van der Waals surface area contributed by atoms with Gasteiger partial charge in [0, 0.05) is 10.4 Å². The Labute approximate surface area is 187 Å². The number of rotatable bonds is 7. The summed E-state index contributed by atoms with van der Waals surface area (Å²) in [5.41, 5.74) is 1.60. The van der Waals surface area contributed by atoms with Gasteiger partial charge >= 0.3 is 11.2 Å². The molecule has 1 N–H and O–H groups in total. The summed E-state index contributed by atoms with van der Waals surface area (Å²) in [6, 6.07) is 6.67. The highest BCUT2D eigenvalue weighted by Crippen LogP contribution is 2.39. The molecule has 0 unspecified atom stereocenters. The van der Waals surface area contributed by atoms with Gasteiger partial charge in [-0.05, 0) is 43.0 Å². The van der Waals surface area contributed by atoms with Gasteiger partial charge in [0.15, 0.2) is 0 Å². The average molecular weight is 478 g/mol. The number of thiophene rings is 1. The normalized spacial score (nSPS) is 12.9. The number of aromatic nitrogens is 2. The van der Waals surface area contributed by atoms with Gasteiger partial charge < -0.3 is 19.2 Å². The van der Waals surface area contributed by atoms with Gasteiger partial charge in [-0.3, -0.25) is 4.79 Å². The number of anilines is 1.